The molecule has 0 fully saturated rings. The molecule has 0 aromatic carbocycles. The maximum Gasteiger partial charge on any atom is 0.330 e. The fourth-order valence-electron chi connectivity index (χ4n) is 3.66. The molecule has 0 bridgehead atoms. The van der Waals surface area contributed by atoms with Gasteiger partial charge in [-0.15, -0.1) is 0 Å². The van der Waals surface area contributed by atoms with Gasteiger partial charge in [0.15, 0.2) is 6.10 Å². The van der Waals surface area contributed by atoms with Gasteiger partial charge in [0, 0.05) is 40.1 Å². The van der Waals surface area contributed by atoms with Gasteiger partial charge in [0.2, 0.25) is 0 Å². The molecule has 11 heteroatoms. The lowest BCUT2D eigenvalue weighted by Crippen LogP contribution is -2.46. The summed E-state index contributed by atoms with van der Waals surface area (Å²) in [4.78, 5) is 61.2. The van der Waals surface area contributed by atoms with Crippen molar-refractivity contribution in [3.05, 3.63) is 44.4 Å². The summed E-state index contributed by atoms with van der Waals surface area (Å²) in [6.45, 7) is 7.85. The van der Waals surface area contributed by atoms with E-state index in [4.69, 9.17) is 18.9 Å². The van der Waals surface area contributed by atoms with Gasteiger partial charge >= 0.3 is 23.6 Å². The molecule has 0 saturated carbocycles. The quantitative estimate of drug-likeness (QED) is 0.335. The summed E-state index contributed by atoms with van der Waals surface area (Å²) >= 11 is 0. The number of carbonyl (C=O) groups excluding carboxylic acids is 3. The standard InChI is InChI=1S/C24H34N2O9/c1-6-8-10-25-13-18(23(30)26(24(25)31)11-9-7-2)19-12-20(33-16(4)28)22(34-17(5)29)21(35-19)14-32-15(3)27/h12-13,19,21-22H,6-11,14H2,1-5H3/t19-,21+,22+/m0/s1. The zero-order chi connectivity index (χ0) is 26.1. The lowest BCUT2D eigenvalue weighted by atomic mass is 10.0. The van der Waals surface area contributed by atoms with Crippen molar-refractivity contribution in [1.82, 2.24) is 9.13 Å². The van der Waals surface area contributed by atoms with E-state index in [2.05, 4.69) is 0 Å². The van der Waals surface area contributed by atoms with E-state index in [-0.39, 0.29) is 24.5 Å². The van der Waals surface area contributed by atoms with Crippen LogP contribution in [0.15, 0.2) is 27.6 Å². The van der Waals surface area contributed by atoms with Crippen molar-refractivity contribution in [3.63, 3.8) is 0 Å². The molecule has 0 radical (unpaired) electrons. The highest BCUT2D eigenvalue weighted by molar-refractivity contribution is 5.69. The number of nitrogens with zero attached hydrogens (tertiary/aromatic N) is 2. The molecule has 0 unspecified atom stereocenters. The number of ether oxygens (including phenoxy) is 4. The number of hydrogen-bond donors (Lipinski definition) is 0. The molecule has 2 rings (SSSR count). The maximum atomic E-state index is 13.3. The van der Waals surface area contributed by atoms with Gasteiger partial charge in [0.25, 0.3) is 5.56 Å². The number of carbonyl (C=O) groups is 3. The third kappa shape index (κ3) is 7.64. The highest BCUT2D eigenvalue weighted by Gasteiger charge is 2.40. The number of hydrogen-bond acceptors (Lipinski definition) is 9. The van der Waals surface area contributed by atoms with Crippen molar-refractivity contribution in [2.24, 2.45) is 0 Å². The maximum absolute atomic E-state index is 13.3. The van der Waals surface area contributed by atoms with Crippen molar-refractivity contribution in [2.75, 3.05) is 6.61 Å². The van der Waals surface area contributed by atoms with Crippen molar-refractivity contribution in [2.45, 2.75) is 91.7 Å². The van der Waals surface area contributed by atoms with E-state index >= 15 is 0 Å². The molecule has 0 amide bonds. The molecular formula is C24H34N2O9. The largest absolute Gasteiger partial charge is 0.463 e. The highest BCUT2D eigenvalue weighted by Crippen LogP contribution is 2.31. The molecule has 0 spiro atoms. The van der Waals surface area contributed by atoms with Gasteiger partial charge in [0.05, 0.1) is 5.56 Å². The monoisotopic (exact) mass is 494 g/mol. The predicted octanol–water partition coefficient (Wildman–Crippen LogP) is 1.99. The Morgan fingerprint density at radius 2 is 1.63 bits per heavy atom. The Morgan fingerprint density at radius 3 is 2.20 bits per heavy atom. The lowest BCUT2D eigenvalue weighted by Gasteiger charge is -2.34. The van der Waals surface area contributed by atoms with Crippen molar-refractivity contribution >= 4 is 17.9 Å². The molecule has 1 aromatic rings. The van der Waals surface area contributed by atoms with Crippen LogP contribution in [0.1, 0.15) is 72.0 Å². The minimum Gasteiger partial charge on any atom is -0.463 e. The van der Waals surface area contributed by atoms with Crippen LogP contribution in [-0.4, -0.2) is 45.9 Å². The van der Waals surface area contributed by atoms with Crippen LogP contribution in [0.3, 0.4) is 0 Å². The first-order valence-corrected chi connectivity index (χ1v) is 11.8. The second-order valence-corrected chi connectivity index (χ2v) is 8.31. The number of unbranched alkanes of at least 4 members (excludes halogenated alkanes) is 2. The van der Waals surface area contributed by atoms with E-state index in [1.165, 1.54) is 42.2 Å². The Bertz CT molecular complexity index is 1070. The Labute approximate surface area is 203 Å². The molecule has 11 nitrogen and oxygen atoms in total. The van der Waals surface area contributed by atoms with E-state index in [1.54, 1.807) is 0 Å². The summed E-state index contributed by atoms with van der Waals surface area (Å²) in [5, 5.41) is 0. The van der Waals surface area contributed by atoms with Gasteiger partial charge in [-0.05, 0) is 18.9 Å². The van der Waals surface area contributed by atoms with Gasteiger partial charge in [-0.25, -0.2) is 4.79 Å². The number of esters is 3. The Kier molecular flexibility index (Phi) is 10.4. The van der Waals surface area contributed by atoms with Crippen molar-refractivity contribution < 1.29 is 33.3 Å². The van der Waals surface area contributed by atoms with Gasteiger partial charge in [0.1, 0.15) is 24.6 Å². The summed E-state index contributed by atoms with van der Waals surface area (Å²) in [5.41, 5.74) is -0.790. The zero-order valence-electron chi connectivity index (χ0n) is 20.9. The van der Waals surface area contributed by atoms with Crippen molar-refractivity contribution in [3.8, 4) is 0 Å². The van der Waals surface area contributed by atoms with Crippen LogP contribution in [0.25, 0.3) is 0 Å². The summed E-state index contributed by atoms with van der Waals surface area (Å²) in [7, 11) is 0. The summed E-state index contributed by atoms with van der Waals surface area (Å²) in [5.74, 6) is -1.98. The molecule has 1 aromatic heterocycles. The average molecular weight is 495 g/mol. The van der Waals surface area contributed by atoms with Gasteiger partial charge in [-0.3, -0.25) is 23.7 Å². The van der Waals surface area contributed by atoms with Gasteiger partial charge < -0.3 is 23.5 Å². The van der Waals surface area contributed by atoms with E-state index in [0.717, 1.165) is 19.3 Å². The average Bonchev–Trinajstić information content (AvgIpc) is 2.78. The van der Waals surface area contributed by atoms with E-state index in [0.29, 0.717) is 13.0 Å². The Balaban J connectivity index is 2.64. The first kappa shape index (κ1) is 28.0. The van der Waals surface area contributed by atoms with Gasteiger partial charge in [-0.1, -0.05) is 26.7 Å². The van der Waals surface area contributed by atoms with Crippen LogP contribution in [-0.2, 0) is 46.4 Å². The molecule has 1 aliphatic heterocycles. The van der Waals surface area contributed by atoms with Crippen LogP contribution in [0, 0.1) is 0 Å². The molecule has 3 atom stereocenters. The van der Waals surface area contributed by atoms with E-state index in [1.807, 2.05) is 13.8 Å². The fraction of sp³-hybridized carbons (Fsp3) is 0.625. The highest BCUT2D eigenvalue weighted by atomic mass is 16.6. The molecular weight excluding hydrogens is 460 g/mol. The van der Waals surface area contributed by atoms with E-state index in [9.17, 15) is 24.0 Å². The smallest absolute Gasteiger partial charge is 0.330 e. The molecule has 0 aliphatic carbocycles. The van der Waals surface area contributed by atoms with Gasteiger partial charge in [-0.2, -0.15) is 0 Å². The Morgan fingerprint density at radius 1 is 0.971 bits per heavy atom. The summed E-state index contributed by atoms with van der Waals surface area (Å²) in [6.07, 6.45) is 2.53. The molecule has 0 N–H and O–H groups in total. The second kappa shape index (κ2) is 13.0. The minimum absolute atomic E-state index is 0.0491. The normalized spacial score (nSPS) is 19.6. The third-order valence-corrected chi connectivity index (χ3v) is 5.32. The molecule has 2 heterocycles. The van der Waals surface area contributed by atoms with Crippen LogP contribution in [0.4, 0.5) is 0 Å². The van der Waals surface area contributed by atoms with Crippen LogP contribution < -0.4 is 11.2 Å². The number of rotatable bonds is 11. The third-order valence-electron chi connectivity index (χ3n) is 5.32. The van der Waals surface area contributed by atoms with Crippen LogP contribution in [0.2, 0.25) is 0 Å². The SMILES string of the molecule is CCCCn1cc([C@@H]2C=C(OC(C)=O)[C@@H](OC(C)=O)[C@@H](COC(C)=O)O2)c(=O)n(CCCC)c1=O. The lowest BCUT2D eigenvalue weighted by molar-refractivity contribution is -0.173. The Hall–Kier alpha value is -3.21. The van der Waals surface area contributed by atoms with E-state index < -0.39 is 47.5 Å². The first-order valence-electron chi connectivity index (χ1n) is 11.8. The topological polar surface area (TPSA) is 132 Å². The van der Waals surface area contributed by atoms with Crippen LogP contribution in [0.5, 0.6) is 0 Å². The van der Waals surface area contributed by atoms with Crippen molar-refractivity contribution in [1.29, 1.82) is 0 Å². The molecule has 0 saturated heterocycles. The minimum atomic E-state index is -1.18. The fourth-order valence-corrected chi connectivity index (χ4v) is 3.66. The summed E-state index contributed by atoms with van der Waals surface area (Å²) < 4.78 is 24.3. The zero-order valence-corrected chi connectivity index (χ0v) is 20.9. The first-order chi connectivity index (χ1) is 16.6. The number of aryl methyl sites for hydroxylation is 1. The second-order valence-electron chi connectivity index (χ2n) is 8.31. The molecule has 35 heavy (non-hydrogen) atoms. The molecule has 194 valence electrons. The van der Waals surface area contributed by atoms with Crippen LogP contribution >= 0.6 is 0 Å². The molecule has 1 aliphatic rings. The summed E-state index contributed by atoms with van der Waals surface area (Å²) in [6, 6.07) is 0. The predicted molar refractivity (Wildman–Crippen MR) is 124 cm³/mol. The number of aromatic nitrogens is 2.